The Morgan fingerprint density at radius 1 is 0.923 bits per heavy atom. The zero-order chi connectivity index (χ0) is 28.4. The van der Waals surface area contributed by atoms with Crippen molar-refractivity contribution < 1.29 is 28.3 Å². The molecule has 1 atom stereocenters. The van der Waals surface area contributed by atoms with Crippen LogP contribution in [0.25, 0.3) is 33.1 Å². The van der Waals surface area contributed by atoms with Gasteiger partial charge in [0.25, 0.3) is 0 Å². The molecule has 2 amide bonds. The number of furan rings is 1. The normalized spacial score (nSPS) is 12.2. The fraction of sp³-hybridized carbons (Fsp3) is 0.333. The minimum absolute atomic E-state index is 0.0434. The number of nitrogens with one attached hydrogen (secondary N) is 2. The van der Waals surface area contributed by atoms with Crippen LogP contribution in [0.4, 0.5) is 0 Å². The molecule has 0 saturated heterocycles. The predicted molar refractivity (Wildman–Crippen MR) is 148 cm³/mol. The zero-order valence-electron chi connectivity index (χ0n) is 22.6. The number of carboxylic acids is 1. The van der Waals surface area contributed by atoms with Crippen LogP contribution in [0.2, 0.25) is 0 Å². The number of fused-ring (bicyclic) bond motifs is 2. The molecule has 0 fully saturated rings. The summed E-state index contributed by atoms with van der Waals surface area (Å²) >= 11 is 0. The van der Waals surface area contributed by atoms with Crippen molar-refractivity contribution in [1.29, 1.82) is 0 Å². The van der Waals surface area contributed by atoms with Crippen molar-refractivity contribution >= 4 is 39.7 Å². The Morgan fingerprint density at radius 2 is 1.59 bits per heavy atom. The van der Waals surface area contributed by atoms with E-state index >= 15 is 0 Å². The van der Waals surface area contributed by atoms with Gasteiger partial charge >= 0.3 is 11.6 Å². The van der Waals surface area contributed by atoms with Gasteiger partial charge in [0.05, 0.1) is 6.54 Å². The number of hydrogen-bond acceptors (Lipinski definition) is 6. The number of carbonyl (C=O) groups is 3. The number of aliphatic carboxylic acids is 1. The number of aryl methyl sites for hydroxylation is 3. The first kappa shape index (κ1) is 27.6. The molecule has 0 aliphatic heterocycles. The largest absolute Gasteiger partial charge is 0.480 e. The maximum Gasteiger partial charge on any atom is 0.339 e. The monoisotopic (exact) mass is 532 g/mol. The molecule has 2 heterocycles. The van der Waals surface area contributed by atoms with Gasteiger partial charge in [0.1, 0.15) is 23.0 Å². The third-order valence-corrected chi connectivity index (χ3v) is 6.99. The van der Waals surface area contributed by atoms with Crippen LogP contribution in [-0.4, -0.2) is 35.5 Å². The Bertz CT molecular complexity index is 1630. The predicted octanol–water partition coefficient (Wildman–Crippen LogP) is 4.41. The molecule has 204 valence electrons. The molecule has 0 unspecified atom stereocenters. The SMILES string of the molecule is Cc1oc2c(C)c3oc(=O)c(CCC(=O)NCC(=O)N[C@H](C(=O)O)C(C)C)c(C)c3cc2c1-c1ccccc1. The molecule has 2 aromatic heterocycles. The number of benzene rings is 2. The smallest absolute Gasteiger partial charge is 0.339 e. The standard InChI is InChI=1S/C30H32N2O7/c1-15(2)26(29(35)36)32-24(34)14-31-23(33)12-11-20-16(3)21-13-22-25(19-9-7-6-8-10-19)18(5)38-28(22)17(4)27(21)39-30(20)37/h6-10,13,15,26H,11-12,14H2,1-5H3,(H,31,33)(H,32,34)(H,35,36)/t26-/m0/s1. The zero-order valence-corrected chi connectivity index (χ0v) is 22.6. The number of carboxylic acid groups (broad SMARTS) is 1. The van der Waals surface area contributed by atoms with Gasteiger partial charge in [0, 0.05) is 33.9 Å². The molecular formula is C30H32N2O7. The summed E-state index contributed by atoms with van der Waals surface area (Å²) in [5.74, 6) is -1.73. The van der Waals surface area contributed by atoms with Gasteiger partial charge in [0.2, 0.25) is 11.8 Å². The number of hydrogen-bond donors (Lipinski definition) is 3. The van der Waals surface area contributed by atoms with Gasteiger partial charge in [0.15, 0.2) is 0 Å². The fourth-order valence-electron chi connectivity index (χ4n) is 4.87. The van der Waals surface area contributed by atoms with Crippen LogP contribution in [0, 0.1) is 26.7 Å². The molecule has 2 aromatic carbocycles. The van der Waals surface area contributed by atoms with Crippen LogP contribution in [0.3, 0.4) is 0 Å². The Kier molecular flexibility index (Phi) is 7.90. The summed E-state index contributed by atoms with van der Waals surface area (Å²) in [6.07, 6.45) is 0.0760. The molecule has 4 aromatic rings. The third-order valence-electron chi connectivity index (χ3n) is 6.99. The minimum Gasteiger partial charge on any atom is -0.480 e. The van der Waals surface area contributed by atoms with E-state index in [1.165, 1.54) is 0 Å². The van der Waals surface area contributed by atoms with E-state index < -0.39 is 29.5 Å². The Balaban J connectivity index is 1.56. The molecule has 0 saturated carbocycles. The number of carbonyl (C=O) groups excluding carboxylic acids is 2. The molecule has 0 aliphatic rings. The fourth-order valence-corrected chi connectivity index (χ4v) is 4.87. The molecular weight excluding hydrogens is 500 g/mol. The highest BCUT2D eigenvalue weighted by Gasteiger charge is 2.24. The first-order chi connectivity index (χ1) is 18.5. The Hall–Kier alpha value is -4.40. The third kappa shape index (κ3) is 5.57. The van der Waals surface area contributed by atoms with Gasteiger partial charge in [-0.1, -0.05) is 44.2 Å². The van der Waals surface area contributed by atoms with Crippen molar-refractivity contribution in [2.45, 2.75) is 53.5 Å². The van der Waals surface area contributed by atoms with E-state index in [0.29, 0.717) is 16.7 Å². The van der Waals surface area contributed by atoms with Crippen molar-refractivity contribution in [2.75, 3.05) is 6.54 Å². The second-order valence-corrected chi connectivity index (χ2v) is 10.1. The van der Waals surface area contributed by atoms with E-state index in [0.717, 1.165) is 38.8 Å². The van der Waals surface area contributed by atoms with Crippen LogP contribution >= 0.6 is 0 Å². The van der Waals surface area contributed by atoms with Gasteiger partial charge < -0.3 is 24.6 Å². The lowest BCUT2D eigenvalue weighted by Crippen LogP contribution is -2.48. The second-order valence-electron chi connectivity index (χ2n) is 10.1. The van der Waals surface area contributed by atoms with Gasteiger partial charge in [-0.15, -0.1) is 0 Å². The van der Waals surface area contributed by atoms with E-state index in [4.69, 9.17) is 8.83 Å². The van der Waals surface area contributed by atoms with Crippen LogP contribution in [0.5, 0.6) is 0 Å². The highest BCUT2D eigenvalue weighted by molar-refractivity contribution is 6.05. The molecule has 0 aliphatic carbocycles. The van der Waals surface area contributed by atoms with Crippen molar-refractivity contribution in [2.24, 2.45) is 5.92 Å². The summed E-state index contributed by atoms with van der Waals surface area (Å²) in [6.45, 7) is 8.59. The van der Waals surface area contributed by atoms with E-state index in [2.05, 4.69) is 10.6 Å². The van der Waals surface area contributed by atoms with Crippen LogP contribution in [0.15, 0.2) is 50.0 Å². The molecule has 0 radical (unpaired) electrons. The summed E-state index contributed by atoms with van der Waals surface area (Å²) in [4.78, 5) is 48.7. The Labute approximate surface area is 225 Å². The summed E-state index contributed by atoms with van der Waals surface area (Å²) in [7, 11) is 0. The lowest BCUT2D eigenvalue weighted by atomic mass is 9.96. The summed E-state index contributed by atoms with van der Waals surface area (Å²) < 4.78 is 11.8. The molecule has 9 nitrogen and oxygen atoms in total. The Morgan fingerprint density at radius 3 is 2.23 bits per heavy atom. The van der Waals surface area contributed by atoms with Gasteiger partial charge in [-0.3, -0.25) is 9.59 Å². The quantitative estimate of drug-likeness (QED) is 0.272. The maximum atomic E-state index is 12.9. The maximum absolute atomic E-state index is 12.9. The topological polar surface area (TPSA) is 139 Å². The van der Waals surface area contributed by atoms with Crippen molar-refractivity contribution in [3.05, 3.63) is 69.3 Å². The number of rotatable bonds is 9. The molecule has 0 spiro atoms. The highest BCUT2D eigenvalue weighted by Crippen LogP contribution is 2.39. The molecule has 3 N–H and O–H groups in total. The van der Waals surface area contributed by atoms with Gasteiger partial charge in [-0.2, -0.15) is 0 Å². The first-order valence-corrected chi connectivity index (χ1v) is 12.8. The summed E-state index contributed by atoms with van der Waals surface area (Å²) in [6, 6.07) is 10.8. The van der Waals surface area contributed by atoms with Crippen molar-refractivity contribution in [3.63, 3.8) is 0 Å². The van der Waals surface area contributed by atoms with Crippen molar-refractivity contribution in [3.8, 4) is 11.1 Å². The lowest BCUT2D eigenvalue weighted by Gasteiger charge is -2.18. The highest BCUT2D eigenvalue weighted by atomic mass is 16.4. The second kappa shape index (κ2) is 11.1. The molecule has 4 rings (SSSR count). The van der Waals surface area contributed by atoms with Crippen molar-refractivity contribution in [1.82, 2.24) is 10.6 Å². The average molecular weight is 533 g/mol. The van der Waals surface area contributed by atoms with E-state index in [-0.39, 0.29) is 25.3 Å². The lowest BCUT2D eigenvalue weighted by molar-refractivity contribution is -0.143. The van der Waals surface area contributed by atoms with Crippen LogP contribution in [0.1, 0.15) is 42.7 Å². The first-order valence-electron chi connectivity index (χ1n) is 12.8. The van der Waals surface area contributed by atoms with E-state index in [1.807, 2.05) is 57.2 Å². The summed E-state index contributed by atoms with van der Waals surface area (Å²) in [5, 5.41) is 15.8. The van der Waals surface area contributed by atoms with E-state index in [9.17, 15) is 24.3 Å². The minimum atomic E-state index is -1.14. The molecule has 9 heteroatoms. The number of amides is 2. The molecule has 0 bridgehead atoms. The van der Waals surface area contributed by atoms with Gasteiger partial charge in [-0.25, -0.2) is 9.59 Å². The van der Waals surface area contributed by atoms with E-state index in [1.54, 1.807) is 13.8 Å². The van der Waals surface area contributed by atoms with Crippen LogP contribution in [-0.2, 0) is 20.8 Å². The summed E-state index contributed by atoms with van der Waals surface area (Å²) in [5.41, 5.74) is 4.40. The van der Waals surface area contributed by atoms with Crippen LogP contribution < -0.4 is 16.3 Å². The molecule has 39 heavy (non-hydrogen) atoms. The van der Waals surface area contributed by atoms with Gasteiger partial charge in [-0.05, 0) is 50.3 Å². The average Bonchev–Trinajstić information content (AvgIpc) is 3.23.